The third-order valence-corrected chi connectivity index (χ3v) is 4.26. The minimum absolute atomic E-state index is 0.0828. The fraction of sp³-hybridized carbons (Fsp3) is 0.250. The van der Waals surface area contributed by atoms with Crippen molar-refractivity contribution < 1.29 is 4.74 Å². The number of hydrogen-bond acceptors (Lipinski definition) is 2. The Bertz CT molecular complexity index is 627. The minimum atomic E-state index is -0.0828. The van der Waals surface area contributed by atoms with Gasteiger partial charge in [0.2, 0.25) is 0 Å². The van der Waals surface area contributed by atoms with Gasteiger partial charge in [0, 0.05) is 27.5 Å². The smallest absolute Gasteiger partial charge is 0.127 e. The van der Waals surface area contributed by atoms with Crippen LogP contribution in [-0.2, 0) is 12.8 Å². The van der Waals surface area contributed by atoms with Crippen molar-refractivity contribution in [3.63, 3.8) is 0 Å². The number of rotatable bonds is 3. The Hall–Kier alpha value is -1.03. The van der Waals surface area contributed by atoms with Crippen molar-refractivity contribution in [3.05, 3.63) is 62.6 Å². The lowest BCUT2D eigenvalue weighted by Crippen LogP contribution is -2.14. The summed E-state index contributed by atoms with van der Waals surface area (Å²) in [4.78, 5) is 0. The van der Waals surface area contributed by atoms with E-state index in [2.05, 4.69) is 28.1 Å². The Morgan fingerprint density at radius 2 is 2.00 bits per heavy atom. The highest BCUT2D eigenvalue weighted by molar-refractivity contribution is 9.10. The molecule has 2 aromatic carbocycles. The summed E-state index contributed by atoms with van der Waals surface area (Å²) in [6, 6.07) is 11.9. The maximum absolute atomic E-state index is 6.37. The average molecular weight is 353 g/mol. The highest BCUT2D eigenvalue weighted by atomic mass is 79.9. The minimum Gasteiger partial charge on any atom is -0.493 e. The molecule has 1 atom stereocenters. The summed E-state index contributed by atoms with van der Waals surface area (Å²) < 4.78 is 6.80. The van der Waals surface area contributed by atoms with Crippen molar-refractivity contribution in [1.29, 1.82) is 0 Å². The molecule has 0 bridgehead atoms. The van der Waals surface area contributed by atoms with E-state index in [1.807, 2.05) is 24.3 Å². The van der Waals surface area contributed by atoms with Crippen LogP contribution in [0.5, 0.6) is 5.75 Å². The zero-order valence-corrected chi connectivity index (χ0v) is 13.2. The average Bonchev–Trinajstić information content (AvgIpc) is 2.88. The molecule has 0 saturated heterocycles. The third kappa shape index (κ3) is 2.85. The first-order valence-electron chi connectivity index (χ1n) is 6.58. The van der Waals surface area contributed by atoms with E-state index >= 15 is 0 Å². The molecule has 2 N–H and O–H groups in total. The molecule has 1 unspecified atom stereocenters. The highest BCUT2D eigenvalue weighted by Crippen LogP contribution is 2.36. The molecular weight excluding hydrogens is 338 g/mol. The number of fused-ring (bicyclic) bond motifs is 1. The van der Waals surface area contributed by atoms with Gasteiger partial charge in [0.1, 0.15) is 5.75 Å². The Kier molecular flexibility index (Phi) is 4.01. The van der Waals surface area contributed by atoms with Gasteiger partial charge in [-0.3, -0.25) is 0 Å². The molecule has 4 heteroatoms. The van der Waals surface area contributed by atoms with Crippen molar-refractivity contribution >= 4 is 27.5 Å². The second-order valence-electron chi connectivity index (χ2n) is 5.02. The lowest BCUT2D eigenvalue weighted by Gasteiger charge is -2.16. The zero-order valence-electron chi connectivity index (χ0n) is 10.9. The van der Waals surface area contributed by atoms with Gasteiger partial charge in [0.05, 0.1) is 6.61 Å². The van der Waals surface area contributed by atoms with Crippen molar-refractivity contribution in [2.75, 3.05) is 6.61 Å². The first kappa shape index (κ1) is 13.9. The van der Waals surface area contributed by atoms with Gasteiger partial charge >= 0.3 is 0 Å². The van der Waals surface area contributed by atoms with E-state index in [1.54, 1.807) is 0 Å². The summed E-state index contributed by atoms with van der Waals surface area (Å²) in [5, 5.41) is 0.744. The van der Waals surface area contributed by atoms with Gasteiger partial charge in [-0.25, -0.2) is 0 Å². The van der Waals surface area contributed by atoms with Gasteiger partial charge in [-0.15, -0.1) is 0 Å². The van der Waals surface area contributed by atoms with Crippen LogP contribution in [0.25, 0.3) is 0 Å². The van der Waals surface area contributed by atoms with Crippen LogP contribution in [0, 0.1) is 0 Å². The van der Waals surface area contributed by atoms with E-state index in [1.165, 1.54) is 11.1 Å². The van der Waals surface area contributed by atoms with Gasteiger partial charge < -0.3 is 10.5 Å². The second kappa shape index (κ2) is 5.76. The molecule has 0 spiro atoms. The molecule has 104 valence electrons. The van der Waals surface area contributed by atoms with Gasteiger partial charge in [0.25, 0.3) is 0 Å². The van der Waals surface area contributed by atoms with E-state index in [4.69, 9.17) is 22.1 Å². The molecule has 2 nitrogen and oxygen atoms in total. The van der Waals surface area contributed by atoms with E-state index in [0.717, 1.165) is 40.3 Å². The van der Waals surface area contributed by atoms with Crippen molar-refractivity contribution in [3.8, 4) is 5.75 Å². The van der Waals surface area contributed by atoms with Crippen molar-refractivity contribution in [2.45, 2.75) is 18.9 Å². The summed E-state index contributed by atoms with van der Waals surface area (Å²) >= 11 is 9.46. The lowest BCUT2D eigenvalue weighted by molar-refractivity contribution is 0.351. The molecule has 20 heavy (non-hydrogen) atoms. The van der Waals surface area contributed by atoms with Gasteiger partial charge in [-0.05, 0) is 41.8 Å². The maximum Gasteiger partial charge on any atom is 0.127 e. The molecule has 0 saturated carbocycles. The fourth-order valence-electron chi connectivity index (χ4n) is 2.56. The quantitative estimate of drug-likeness (QED) is 0.895. The summed E-state index contributed by atoms with van der Waals surface area (Å²) in [6.45, 7) is 0.743. The third-order valence-electron chi connectivity index (χ3n) is 3.55. The van der Waals surface area contributed by atoms with Gasteiger partial charge in [-0.2, -0.15) is 0 Å². The molecule has 1 aliphatic rings. The SMILES string of the molecule is NC(Cc1ccc(Cl)cc1)c1cc(Br)cc2c1OCC2. The van der Waals surface area contributed by atoms with Crippen LogP contribution in [0.2, 0.25) is 5.02 Å². The second-order valence-corrected chi connectivity index (χ2v) is 6.37. The lowest BCUT2D eigenvalue weighted by atomic mass is 9.97. The Balaban J connectivity index is 1.87. The molecule has 1 aliphatic heterocycles. The maximum atomic E-state index is 6.37. The van der Waals surface area contributed by atoms with Crippen LogP contribution in [0.1, 0.15) is 22.7 Å². The largest absolute Gasteiger partial charge is 0.493 e. The Morgan fingerprint density at radius 1 is 1.25 bits per heavy atom. The number of hydrogen-bond donors (Lipinski definition) is 1. The molecule has 3 rings (SSSR count). The molecule has 0 fully saturated rings. The molecular formula is C16H15BrClNO. The summed E-state index contributed by atoms with van der Waals surface area (Å²) in [7, 11) is 0. The zero-order chi connectivity index (χ0) is 14.1. The van der Waals surface area contributed by atoms with Crippen LogP contribution >= 0.6 is 27.5 Å². The Labute approximate surface area is 132 Å². The molecule has 2 aromatic rings. The van der Waals surface area contributed by atoms with E-state index in [0.29, 0.717) is 0 Å². The summed E-state index contributed by atoms with van der Waals surface area (Å²) in [5.74, 6) is 0.967. The van der Waals surface area contributed by atoms with Gasteiger partial charge in [-0.1, -0.05) is 39.7 Å². The topological polar surface area (TPSA) is 35.2 Å². The van der Waals surface area contributed by atoms with E-state index in [9.17, 15) is 0 Å². The highest BCUT2D eigenvalue weighted by Gasteiger charge is 2.21. The number of ether oxygens (including phenoxy) is 1. The molecule has 0 aliphatic carbocycles. The fourth-order valence-corrected chi connectivity index (χ4v) is 3.21. The first-order chi connectivity index (χ1) is 9.63. The van der Waals surface area contributed by atoms with Crippen molar-refractivity contribution in [2.24, 2.45) is 5.73 Å². The predicted molar refractivity (Wildman–Crippen MR) is 85.4 cm³/mol. The number of halogens is 2. The summed E-state index contributed by atoms with van der Waals surface area (Å²) in [5.41, 5.74) is 9.86. The molecule has 1 heterocycles. The standard InChI is InChI=1S/C16H15BrClNO/c17-12-8-11-5-6-20-16(11)14(9-12)15(19)7-10-1-3-13(18)4-2-10/h1-4,8-9,15H,5-7,19H2. The molecule has 0 aromatic heterocycles. The molecule has 0 radical (unpaired) electrons. The van der Waals surface area contributed by atoms with Crippen LogP contribution in [-0.4, -0.2) is 6.61 Å². The normalized spacial score (nSPS) is 14.8. The number of benzene rings is 2. The first-order valence-corrected chi connectivity index (χ1v) is 7.76. The van der Waals surface area contributed by atoms with Crippen LogP contribution < -0.4 is 10.5 Å². The van der Waals surface area contributed by atoms with Crippen LogP contribution in [0.3, 0.4) is 0 Å². The summed E-state index contributed by atoms with van der Waals surface area (Å²) in [6.07, 6.45) is 1.72. The number of nitrogens with two attached hydrogens (primary N) is 1. The van der Waals surface area contributed by atoms with Gasteiger partial charge in [0.15, 0.2) is 0 Å². The predicted octanol–water partition coefficient (Wildman–Crippen LogP) is 4.28. The van der Waals surface area contributed by atoms with E-state index < -0.39 is 0 Å². The van der Waals surface area contributed by atoms with Crippen LogP contribution in [0.4, 0.5) is 0 Å². The van der Waals surface area contributed by atoms with Crippen molar-refractivity contribution in [1.82, 2.24) is 0 Å². The Morgan fingerprint density at radius 3 is 2.75 bits per heavy atom. The van der Waals surface area contributed by atoms with Crippen LogP contribution in [0.15, 0.2) is 40.9 Å². The monoisotopic (exact) mass is 351 g/mol. The van der Waals surface area contributed by atoms with E-state index in [-0.39, 0.29) is 6.04 Å². The molecule has 0 amide bonds.